The third kappa shape index (κ3) is 4.91. The van der Waals surface area contributed by atoms with Crippen molar-refractivity contribution in [1.29, 1.82) is 0 Å². The Morgan fingerprint density at radius 2 is 2.10 bits per heavy atom. The molecule has 3 rings (SSSR count). The summed E-state index contributed by atoms with van der Waals surface area (Å²) in [6, 6.07) is 7.93. The number of nitrogens with zero attached hydrogens (tertiary/aromatic N) is 2. The van der Waals surface area contributed by atoms with Crippen LogP contribution in [0.1, 0.15) is 49.6 Å². The number of aliphatic imine (C=N–C) groups is 1. The van der Waals surface area contributed by atoms with Gasteiger partial charge in [0.25, 0.3) is 0 Å². The molecule has 1 atom stereocenters. The zero-order valence-electron chi connectivity index (χ0n) is 17.8. The smallest absolute Gasteiger partial charge is 0.191 e. The van der Waals surface area contributed by atoms with E-state index in [1.54, 1.807) is 0 Å². The lowest BCUT2D eigenvalue weighted by Gasteiger charge is -2.16. The monoisotopic (exact) mass is 398 g/mol. The summed E-state index contributed by atoms with van der Waals surface area (Å²) in [6.45, 7) is 12.0. The van der Waals surface area contributed by atoms with Gasteiger partial charge in [-0.25, -0.2) is 0 Å². The molecule has 2 heterocycles. The summed E-state index contributed by atoms with van der Waals surface area (Å²) < 4.78 is 17.0. The van der Waals surface area contributed by atoms with Crippen LogP contribution >= 0.6 is 0 Å². The first kappa shape index (κ1) is 20.8. The van der Waals surface area contributed by atoms with Crippen molar-refractivity contribution in [2.45, 2.75) is 47.1 Å². The molecule has 2 N–H and O–H groups in total. The number of para-hydroxylation sites is 1. The third-order valence-electron chi connectivity index (χ3n) is 4.76. The topological polar surface area (TPSA) is 84.8 Å². The van der Waals surface area contributed by atoms with Crippen LogP contribution in [-0.2, 0) is 6.42 Å². The molecule has 0 fully saturated rings. The van der Waals surface area contributed by atoms with Gasteiger partial charge in [0.2, 0.25) is 0 Å². The van der Waals surface area contributed by atoms with Crippen LogP contribution in [0.2, 0.25) is 0 Å². The Bertz CT molecular complexity index is 954. The molecule has 156 valence electrons. The molecule has 1 unspecified atom stereocenters. The van der Waals surface area contributed by atoms with Gasteiger partial charge in [-0.3, -0.25) is 4.99 Å². The number of fused-ring (bicyclic) bond motifs is 1. The highest BCUT2D eigenvalue weighted by molar-refractivity contribution is 5.84. The van der Waals surface area contributed by atoms with E-state index < -0.39 is 0 Å². The molecule has 0 saturated carbocycles. The van der Waals surface area contributed by atoms with E-state index in [1.807, 2.05) is 52.0 Å². The summed E-state index contributed by atoms with van der Waals surface area (Å²) in [4.78, 5) is 4.70. The van der Waals surface area contributed by atoms with E-state index in [-0.39, 0.29) is 6.04 Å². The molecule has 0 radical (unpaired) electrons. The molecule has 29 heavy (non-hydrogen) atoms. The maximum absolute atomic E-state index is 6.10. The van der Waals surface area contributed by atoms with E-state index >= 15 is 0 Å². The highest BCUT2D eigenvalue weighted by Crippen LogP contribution is 2.31. The number of guanidine groups is 1. The lowest BCUT2D eigenvalue weighted by molar-refractivity contribution is 0.336. The van der Waals surface area contributed by atoms with Gasteiger partial charge in [-0.1, -0.05) is 17.3 Å². The molecule has 0 aliphatic heterocycles. The second-order valence-corrected chi connectivity index (χ2v) is 6.94. The Morgan fingerprint density at radius 1 is 1.28 bits per heavy atom. The van der Waals surface area contributed by atoms with Crippen LogP contribution in [0.25, 0.3) is 11.0 Å². The molecule has 0 bridgehead atoms. The van der Waals surface area contributed by atoms with Crippen molar-refractivity contribution >= 4 is 16.9 Å². The zero-order valence-corrected chi connectivity index (χ0v) is 17.8. The van der Waals surface area contributed by atoms with Gasteiger partial charge in [0.05, 0.1) is 18.3 Å². The largest absolute Gasteiger partial charge is 0.490 e. The normalized spacial score (nSPS) is 12.9. The van der Waals surface area contributed by atoms with Gasteiger partial charge in [-0.05, 0) is 53.2 Å². The second kappa shape index (κ2) is 9.49. The standard InChI is InChI=1S/C22H30N4O3/c1-6-23-22(24-12-11-18-14(3)26-29-16(18)5)25-15(4)20-13-17-9-8-10-19(27-7-2)21(17)28-20/h8-10,13,15H,6-7,11-12H2,1-5H3,(H2,23,24,25). The maximum Gasteiger partial charge on any atom is 0.191 e. The lowest BCUT2D eigenvalue weighted by Crippen LogP contribution is -2.38. The van der Waals surface area contributed by atoms with Crippen LogP contribution in [-0.4, -0.2) is 30.8 Å². The zero-order chi connectivity index (χ0) is 20.8. The Hall–Kier alpha value is -2.96. The number of furan rings is 1. The first-order valence-corrected chi connectivity index (χ1v) is 10.1. The number of aryl methyl sites for hydroxylation is 2. The summed E-state index contributed by atoms with van der Waals surface area (Å²) in [6.07, 6.45) is 0.786. The van der Waals surface area contributed by atoms with Gasteiger partial charge in [0.15, 0.2) is 17.3 Å². The second-order valence-electron chi connectivity index (χ2n) is 6.94. The molecule has 0 saturated heterocycles. The molecule has 1 aromatic carbocycles. The predicted molar refractivity (Wildman–Crippen MR) is 115 cm³/mol. The number of rotatable bonds is 8. The van der Waals surface area contributed by atoms with Gasteiger partial charge in [0, 0.05) is 24.0 Å². The van der Waals surface area contributed by atoms with Gasteiger partial charge in [-0.15, -0.1) is 0 Å². The molecule has 0 amide bonds. The number of nitrogens with one attached hydrogen (secondary N) is 2. The summed E-state index contributed by atoms with van der Waals surface area (Å²) in [5.74, 6) is 3.21. The Morgan fingerprint density at radius 3 is 2.79 bits per heavy atom. The molecule has 0 aliphatic rings. The third-order valence-corrected chi connectivity index (χ3v) is 4.76. The van der Waals surface area contributed by atoms with Gasteiger partial charge in [-0.2, -0.15) is 0 Å². The van der Waals surface area contributed by atoms with Crippen LogP contribution in [0.3, 0.4) is 0 Å². The Labute approximate surface area is 171 Å². The Kier molecular flexibility index (Phi) is 6.80. The van der Waals surface area contributed by atoms with E-state index in [2.05, 4.69) is 22.7 Å². The van der Waals surface area contributed by atoms with Crippen LogP contribution in [0.15, 0.2) is 38.2 Å². The van der Waals surface area contributed by atoms with E-state index in [0.717, 1.165) is 58.4 Å². The van der Waals surface area contributed by atoms with Gasteiger partial charge >= 0.3 is 0 Å². The van der Waals surface area contributed by atoms with Crippen molar-refractivity contribution < 1.29 is 13.7 Å². The average molecular weight is 399 g/mol. The number of hydrogen-bond acceptors (Lipinski definition) is 5. The molecule has 7 nitrogen and oxygen atoms in total. The fourth-order valence-electron chi connectivity index (χ4n) is 3.27. The average Bonchev–Trinajstić information content (AvgIpc) is 3.27. The number of ether oxygens (including phenoxy) is 1. The van der Waals surface area contributed by atoms with Gasteiger partial charge < -0.3 is 24.3 Å². The van der Waals surface area contributed by atoms with Crippen LogP contribution in [0, 0.1) is 13.8 Å². The van der Waals surface area contributed by atoms with Crippen LogP contribution in [0.5, 0.6) is 5.75 Å². The molecular formula is C22H30N4O3. The van der Waals surface area contributed by atoms with Crippen LogP contribution < -0.4 is 15.4 Å². The minimum atomic E-state index is -0.0475. The van der Waals surface area contributed by atoms with Crippen molar-refractivity contribution in [1.82, 2.24) is 15.8 Å². The van der Waals surface area contributed by atoms with E-state index in [0.29, 0.717) is 13.2 Å². The number of aromatic nitrogens is 1. The first-order chi connectivity index (χ1) is 14.0. The van der Waals surface area contributed by atoms with Crippen molar-refractivity contribution in [2.75, 3.05) is 19.7 Å². The van der Waals surface area contributed by atoms with Crippen molar-refractivity contribution in [3.8, 4) is 5.75 Å². The van der Waals surface area contributed by atoms with Crippen molar-refractivity contribution in [3.05, 3.63) is 47.0 Å². The summed E-state index contributed by atoms with van der Waals surface area (Å²) in [5.41, 5.74) is 2.83. The molecule has 2 aromatic heterocycles. The summed E-state index contributed by atoms with van der Waals surface area (Å²) in [5, 5.41) is 11.7. The summed E-state index contributed by atoms with van der Waals surface area (Å²) in [7, 11) is 0. The molecule has 0 spiro atoms. The van der Waals surface area contributed by atoms with E-state index in [1.165, 1.54) is 0 Å². The van der Waals surface area contributed by atoms with Crippen LogP contribution in [0.4, 0.5) is 0 Å². The maximum atomic E-state index is 6.10. The van der Waals surface area contributed by atoms with Gasteiger partial charge in [0.1, 0.15) is 11.5 Å². The highest BCUT2D eigenvalue weighted by Gasteiger charge is 2.16. The minimum absolute atomic E-state index is 0.0475. The minimum Gasteiger partial charge on any atom is -0.490 e. The molecular weight excluding hydrogens is 368 g/mol. The van der Waals surface area contributed by atoms with Crippen molar-refractivity contribution in [3.63, 3.8) is 0 Å². The molecule has 3 aromatic rings. The summed E-state index contributed by atoms with van der Waals surface area (Å²) >= 11 is 0. The fraction of sp³-hybridized carbons (Fsp3) is 0.455. The first-order valence-electron chi connectivity index (χ1n) is 10.1. The number of hydrogen-bond donors (Lipinski definition) is 2. The SMILES string of the molecule is CCNC(=NCCc1c(C)noc1C)NC(C)c1cc2cccc(OCC)c2o1. The highest BCUT2D eigenvalue weighted by atomic mass is 16.5. The van der Waals surface area contributed by atoms with Crippen molar-refractivity contribution in [2.24, 2.45) is 4.99 Å². The van der Waals surface area contributed by atoms with E-state index in [4.69, 9.17) is 18.7 Å². The molecule has 7 heteroatoms. The molecule has 0 aliphatic carbocycles. The Balaban J connectivity index is 1.71. The quantitative estimate of drug-likeness (QED) is 0.435. The number of benzene rings is 1. The fourth-order valence-corrected chi connectivity index (χ4v) is 3.27. The predicted octanol–water partition coefficient (Wildman–Crippen LogP) is 4.30. The lowest BCUT2D eigenvalue weighted by atomic mass is 10.1. The van der Waals surface area contributed by atoms with E-state index in [9.17, 15) is 0 Å².